The van der Waals surface area contributed by atoms with E-state index >= 15 is 0 Å². The molecule has 0 unspecified atom stereocenters. The molecule has 0 aromatic rings. The Morgan fingerprint density at radius 3 is 1.69 bits per heavy atom. The Bertz CT molecular complexity index is 181. The second-order valence-electron chi connectivity index (χ2n) is 4.24. The Kier molecular flexibility index (Phi) is 4.64. The highest BCUT2D eigenvalue weighted by atomic mass is 79.9. The molecule has 0 saturated carbocycles. The molecule has 0 N–H and O–H groups in total. The van der Waals surface area contributed by atoms with Gasteiger partial charge in [0, 0.05) is 5.41 Å². The first-order valence-electron chi connectivity index (χ1n) is 5.08. The van der Waals surface area contributed by atoms with E-state index in [9.17, 15) is 4.79 Å². The Labute approximate surface area is 90.4 Å². The first-order chi connectivity index (χ1) is 5.84. The van der Waals surface area contributed by atoms with Gasteiger partial charge in [-0.05, 0) is 19.3 Å². The Morgan fingerprint density at radius 1 is 1.08 bits per heavy atom. The Balaban J connectivity index is 4.75. The van der Waals surface area contributed by atoms with Crippen molar-refractivity contribution in [1.29, 1.82) is 0 Å². The van der Waals surface area contributed by atoms with Crippen molar-refractivity contribution in [2.45, 2.75) is 58.2 Å². The third kappa shape index (κ3) is 2.80. The average Bonchev–Trinajstić information content (AvgIpc) is 2.15. The smallest absolute Gasteiger partial charge is 0.155 e. The summed E-state index contributed by atoms with van der Waals surface area (Å²) in [4.78, 5) is 12.1. The van der Waals surface area contributed by atoms with Gasteiger partial charge in [-0.25, -0.2) is 0 Å². The standard InChI is InChI=1S/C11H21BrO/c1-6-10(4,5)9(13)11(12,7-2)8-3/h6-8H2,1-5H3. The summed E-state index contributed by atoms with van der Waals surface area (Å²) >= 11 is 3.58. The zero-order valence-electron chi connectivity index (χ0n) is 9.41. The van der Waals surface area contributed by atoms with Gasteiger partial charge in [0.25, 0.3) is 0 Å². The second-order valence-corrected chi connectivity index (χ2v) is 5.76. The predicted molar refractivity (Wildman–Crippen MR) is 61.3 cm³/mol. The highest BCUT2D eigenvalue weighted by Gasteiger charge is 2.40. The molecule has 0 saturated heterocycles. The van der Waals surface area contributed by atoms with Crippen molar-refractivity contribution < 1.29 is 4.79 Å². The van der Waals surface area contributed by atoms with Crippen LogP contribution < -0.4 is 0 Å². The van der Waals surface area contributed by atoms with Crippen LogP contribution in [0.3, 0.4) is 0 Å². The van der Waals surface area contributed by atoms with Gasteiger partial charge < -0.3 is 0 Å². The fourth-order valence-electron chi connectivity index (χ4n) is 1.34. The first kappa shape index (κ1) is 13.2. The summed E-state index contributed by atoms with van der Waals surface area (Å²) in [7, 11) is 0. The number of ketones is 1. The molecule has 13 heavy (non-hydrogen) atoms. The van der Waals surface area contributed by atoms with Crippen molar-refractivity contribution in [3.8, 4) is 0 Å². The van der Waals surface area contributed by atoms with Crippen LogP contribution in [0.25, 0.3) is 0 Å². The minimum Gasteiger partial charge on any atom is -0.298 e. The summed E-state index contributed by atoms with van der Waals surface area (Å²) in [6, 6.07) is 0. The molecular formula is C11H21BrO. The summed E-state index contributed by atoms with van der Waals surface area (Å²) in [5.41, 5.74) is -0.199. The van der Waals surface area contributed by atoms with Crippen molar-refractivity contribution in [2.24, 2.45) is 5.41 Å². The molecule has 2 heteroatoms. The molecule has 0 aliphatic heterocycles. The van der Waals surface area contributed by atoms with Gasteiger partial charge in [-0.15, -0.1) is 0 Å². The van der Waals surface area contributed by atoms with E-state index in [1.807, 2.05) is 13.8 Å². The van der Waals surface area contributed by atoms with E-state index in [1.54, 1.807) is 0 Å². The summed E-state index contributed by atoms with van der Waals surface area (Å²) < 4.78 is -0.299. The van der Waals surface area contributed by atoms with Crippen LogP contribution in [0.1, 0.15) is 53.9 Å². The number of carbonyl (C=O) groups is 1. The van der Waals surface area contributed by atoms with Gasteiger partial charge in [0.2, 0.25) is 0 Å². The molecule has 0 radical (unpaired) electrons. The number of rotatable bonds is 5. The third-order valence-corrected chi connectivity index (χ3v) is 4.51. The molecule has 0 fully saturated rings. The molecule has 0 amide bonds. The van der Waals surface area contributed by atoms with Gasteiger partial charge in [-0.2, -0.15) is 0 Å². The Morgan fingerprint density at radius 2 is 1.46 bits per heavy atom. The molecular weight excluding hydrogens is 228 g/mol. The van der Waals surface area contributed by atoms with E-state index in [2.05, 4.69) is 36.7 Å². The monoisotopic (exact) mass is 248 g/mol. The molecule has 0 aromatic carbocycles. The van der Waals surface area contributed by atoms with E-state index in [-0.39, 0.29) is 9.74 Å². The molecule has 0 atom stereocenters. The number of carbonyl (C=O) groups excluding carboxylic acids is 1. The van der Waals surface area contributed by atoms with Crippen molar-refractivity contribution in [3.05, 3.63) is 0 Å². The molecule has 0 heterocycles. The van der Waals surface area contributed by atoms with Gasteiger partial charge in [0.15, 0.2) is 5.78 Å². The molecule has 78 valence electrons. The van der Waals surface area contributed by atoms with E-state index < -0.39 is 0 Å². The van der Waals surface area contributed by atoms with Gasteiger partial charge in [0.1, 0.15) is 0 Å². The summed E-state index contributed by atoms with van der Waals surface area (Å²) in [6.45, 7) is 10.2. The van der Waals surface area contributed by atoms with Crippen LogP contribution in [0.4, 0.5) is 0 Å². The van der Waals surface area contributed by atoms with Crippen LogP contribution in [-0.4, -0.2) is 10.1 Å². The van der Waals surface area contributed by atoms with Crippen molar-refractivity contribution in [2.75, 3.05) is 0 Å². The molecule has 0 aromatic heterocycles. The first-order valence-corrected chi connectivity index (χ1v) is 5.87. The largest absolute Gasteiger partial charge is 0.298 e. The highest BCUT2D eigenvalue weighted by Crippen LogP contribution is 2.36. The van der Waals surface area contributed by atoms with Crippen molar-refractivity contribution >= 4 is 21.7 Å². The fraction of sp³-hybridized carbons (Fsp3) is 0.909. The lowest BCUT2D eigenvalue weighted by Crippen LogP contribution is -2.40. The average molecular weight is 249 g/mol. The summed E-state index contributed by atoms with van der Waals surface area (Å²) in [5, 5.41) is 0. The zero-order valence-corrected chi connectivity index (χ0v) is 11.0. The van der Waals surface area contributed by atoms with Crippen LogP contribution in [-0.2, 0) is 4.79 Å². The fourth-order valence-corrected chi connectivity index (χ4v) is 1.87. The van der Waals surface area contributed by atoms with Gasteiger partial charge >= 0.3 is 0 Å². The van der Waals surface area contributed by atoms with Gasteiger partial charge in [-0.1, -0.05) is 50.5 Å². The quantitative estimate of drug-likeness (QED) is 0.674. The molecule has 0 rings (SSSR count). The number of Topliss-reactive ketones (excluding diaryl/α,β-unsaturated/α-hetero) is 1. The zero-order chi connectivity index (χ0) is 10.7. The normalized spacial score (nSPS) is 13.1. The maximum atomic E-state index is 12.1. The van der Waals surface area contributed by atoms with E-state index in [0.717, 1.165) is 19.3 Å². The van der Waals surface area contributed by atoms with E-state index in [0.29, 0.717) is 5.78 Å². The summed E-state index contributed by atoms with van der Waals surface area (Å²) in [5.74, 6) is 0.340. The van der Waals surface area contributed by atoms with Crippen LogP contribution in [0.5, 0.6) is 0 Å². The maximum absolute atomic E-state index is 12.1. The van der Waals surface area contributed by atoms with Crippen molar-refractivity contribution in [3.63, 3.8) is 0 Å². The van der Waals surface area contributed by atoms with E-state index in [1.165, 1.54) is 0 Å². The summed E-state index contributed by atoms with van der Waals surface area (Å²) in [6.07, 6.45) is 2.64. The lowest BCUT2D eigenvalue weighted by Gasteiger charge is -2.32. The van der Waals surface area contributed by atoms with Gasteiger partial charge in [0.05, 0.1) is 4.32 Å². The lowest BCUT2D eigenvalue weighted by molar-refractivity contribution is -0.129. The van der Waals surface area contributed by atoms with Crippen LogP contribution >= 0.6 is 15.9 Å². The molecule has 1 nitrogen and oxygen atoms in total. The maximum Gasteiger partial charge on any atom is 0.155 e. The molecule has 0 bridgehead atoms. The third-order valence-electron chi connectivity index (χ3n) is 3.03. The Hall–Kier alpha value is 0.150. The van der Waals surface area contributed by atoms with E-state index in [4.69, 9.17) is 0 Å². The number of halogens is 1. The number of hydrogen-bond acceptors (Lipinski definition) is 1. The molecule has 0 spiro atoms. The van der Waals surface area contributed by atoms with Crippen LogP contribution in [0.2, 0.25) is 0 Å². The van der Waals surface area contributed by atoms with Crippen LogP contribution in [0.15, 0.2) is 0 Å². The topological polar surface area (TPSA) is 17.1 Å². The van der Waals surface area contributed by atoms with Crippen molar-refractivity contribution in [1.82, 2.24) is 0 Å². The lowest BCUT2D eigenvalue weighted by atomic mass is 9.77. The highest BCUT2D eigenvalue weighted by molar-refractivity contribution is 9.10. The minimum absolute atomic E-state index is 0.199. The van der Waals surface area contributed by atoms with Crippen LogP contribution in [0, 0.1) is 5.41 Å². The minimum atomic E-state index is -0.299. The SMILES string of the molecule is CCC(C)(C)C(=O)C(Br)(CC)CC. The number of hydrogen-bond donors (Lipinski definition) is 0. The molecule has 0 aliphatic carbocycles. The second kappa shape index (κ2) is 4.59. The molecule has 0 aliphatic rings. The predicted octanol–water partition coefficient (Wildman–Crippen LogP) is 3.95. The van der Waals surface area contributed by atoms with Gasteiger partial charge in [-0.3, -0.25) is 4.79 Å². The number of alkyl halides is 1.